The summed E-state index contributed by atoms with van der Waals surface area (Å²) >= 11 is 1.84. The van der Waals surface area contributed by atoms with E-state index in [2.05, 4.69) is 32.3 Å². The summed E-state index contributed by atoms with van der Waals surface area (Å²) in [6.45, 7) is 7.03. The predicted molar refractivity (Wildman–Crippen MR) is 65.9 cm³/mol. The van der Waals surface area contributed by atoms with E-state index in [0.29, 0.717) is 12.0 Å². The van der Waals surface area contributed by atoms with Gasteiger partial charge in [0.2, 0.25) is 5.91 Å². The molecule has 0 radical (unpaired) electrons. The van der Waals surface area contributed by atoms with Crippen LogP contribution in [0.25, 0.3) is 0 Å². The zero-order valence-corrected chi connectivity index (χ0v) is 10.9. The number of carbonyl (C=O) groups excluding carboxylic acids is 1. The fraction of sp³-hybridized carbons (Fsp3) is 0.909. The molecule has 15 heavy (non-hydrogen) atoms. The topological polar surface area (TPSA) is 32.3 Å². The van der Waals surface area contributed by atoms with Crippen molar-refractivity contribution in [1.29, 1.82) is 0 Å². The van der Waals surface area contributed by atoms with Crippen LogP contribution >= 0.6 is 11.8 Å². The molecular weight excluding hydrogens is 208 g/mol. The molecule has 0 aromatic carbocycles. The normalized spacial score (nSPS) is 23.9. The van der Waals surface area contributed by atoms with Gasteiger partial charge in [-0.3, -0.25) is 10.1 Å². The van der Waals surface area contributed by atoms with Crippen molar-refractivity contribution < 1.29 is 4.79 Å². The van der Waals surface area contributed by atoms with E-state index in [0.717, 1.165) is 18.8 Å². The lowest BCUT2D eigenvalue weighted by Gasteiger charge is -2.24. The van der Waals surface area contributed by atoms with E-state index in [4.69, 9.17) is 0 Å². The average Bonchev–Trinajstić information content (AvgIpc) is 2.56. The zero-order valence-electron chi connectivity index (χ0n) is 10.1. The second kappa shape index (κ2) is 5.75. The summed E-state index contributed by atoms with van der Waals surface area (Å²) in [6, 6.07) is 0.392. The molecule has 0 bridgehead atoms. The van der Waals surface area contributed by atoms with E-state index >= 15 is 0 Å². The Labute approximate surface area is 97.0 Å². The van der Waals surface area contributed by atoms with Crippen LogP contribution in [-0.4, -0.2) is 41.6 Å². The maximum absolute atomic E-state index is 12.0. The van der Waals surface area contributed by atoms with Gasteiger partial charge in [-0.25, -0.2) is 0 Å². The molecule has 1 fully saturated rings. The van der Waals surface area contributed by atoms with E-state index in [9.17, 15) is 4.79 Å². The van der Waals surface area contributed by atoms with Crippen molar-refractivity contribution in [2.75, 3.05) is 18.7 Å². The molecule has 2 atom stereocenters. The first kappa shape index (κ1) is 12.8. The highest BCUT2D eigenvalue weighted by atomic mass is 32.2. The Bertz CT molecular complexity index is 221. The molecule has 0 saturated carbocycles. The second-order valence-electron chi connectivity index (χ2n) is 4.52. The Morgan fingerprint density at radius 2 is 2.20 bits per heavy atom. The highest BCUT2D eigenvalue weighted by Gasteiger charge is 2.35. The maximum atomic E-state index is 12.0. The van der Waals surface area contributed by atoms with Crippen LogP contribution in [-0.2, 0) is 4.79 Å². The Hall–Kier alpha value is -0.220. The lowest BCUT2D eigenvalue weighted by atomic mass is 10.0. The predicted octanol–water partition coefficient (Wildman–Crippen LogP) is 1.54. The SMILES string of the molecule is CSCCC(C)N1CNC(C(C)C)C1=O. The minimum atomic E-state index is 0.0294. The quantitative estimate of drug-likeness (QED) is 0.777. The van der Waals surface area contributed by atoms with Crippen molar-refractivity contribution >= 4 is 17.7 Å². The van der Waals surface area contributed by atoms with Crippen LogP contribution in [0.1, 0.15) is 27.2 Å². The number of rotatable bonds is 5. The van der Waals surface area contributed by atoms with Gasteiger partial charge in [0.15, 0.2) is 0 Å². The third-order valence-electron chi connectivity index (χ3n) is 2.97. The van der Waals surface area contributed by atoms with Crippen LogP contribution in [0.4, 0.5) is 0 Å². The van der Waals surface area contributed by atoms with Crippen molar-refractivity contribution in [3.63, 3.8) is 0 Å². The molecule has 0 aromatic heterocycles. The molecule has 1 aliphatic heterocycles. The summed E-state index contributed by atoms with van der Waals surface area (Å²) in [5.74, 6) is 1.78. The Morgan fingerprint density at radius 3 is 2.67 bits per heavy atom. The number of carbonyl (C=O) groups is 1. The first-order valence-electron chi connectivity index (χ1n) is 5.60. The van der Waals surface area contributed by atoms with Gasteiger partial charge < -0.3 is 4.90 Å². The number of thioether (sulfide) groups is 1. The first-order valence-corrected chi connectivity index (χ1v) is 7.00. The van der Waals surface area contributed by atoms with Gasteiger partial charge in [0, 0.05) is 6.04 Å². The second-order valence-corrected chi connectivity index (χ2v) is 5.51. The lowest BCUT2D eigenvalue weighted by molar-refractivity contribution is -0.131. The van der Waals surface area contributed by atoms with Gasteiger partial charge in [-0.05, 0) is 31.3 Å². The Morgan fingerprint density at radius 1 is 1.53 bits per heavy atom. The van der Waals surface area contributed by atoms with Gasteiger partial charge in [0.25, 0.3) is 0 Å². The van der Waals surface area contributed by atoms with Crippen LogP contribution in [0.3, 0.4) is 0 Å². The summed E-state index contributed by atoms with van der Waals surface area (Å²) in [5, 5.41) is 3.28. The first-order chi connectivity index (χ1) is 7.07. The summed E-state index contributed by atoms with van der Waals surface area (Å²) < 4.78 is 0. The van der Waals surface area contributed by atoms with Gasteiger partial charge in [-0.2, -0.15) is 11.8 Å². The van der Waals surface area contributed by atoms with Gasteiger partial charge in [-0.15, -0.1) is 0 Å². The number of amides is 1. The summed E-state index contributed by atoms with van der Waals surface area (Å²) in [7, 11) is 0. The molecule has 1 saturated heterocycles. The molecule has 0 spiro atoms. The third-order valence-corrected chi connectivity index (χ3v) is 3.61. The van der Waals surface area contributed by atoms with Gasteiger partial charge in [0.1, 0.15) is 0 Å². The molecule has 1 heterocycles. The van der Waals surface area contributed by atoms with Crippen LogP contribution in [0.15, 0.2) is 0 Å². The van der Waals surface area contributed by atoms with Crippen LogP contribution in [0, 0.1) is 5.92 Å². The van der Waals surface area contributed by atoms with E-state index in [-0.39, 0.29) is 11.9 Å². The van der Waals surface area contributed by atoms with E-state index in [1.165, 1.54) is 0 Å². The molecule has 3 nitrogen and oxygen atoms in total. The standard InChI is InChI=1S/C11H22N2OS/c1-8(2)10-11(14)13(7-12-10)9(3)5-6-15-4/h8-10,12H,5-7H2,1-4H3. The van der Waals surface area contributed by atoms with Crippen molar-refractivity contribution in [3.05, 3.63) is 0 Å². The van der Waals surface area contributed by atoms with E-state index in [1.807, 2.05) is 16.7 Å². The highest BCUT2D eigenvalue weighted by Crippen LogP contribution is 2.16. The van der Waals surface area contributed by atoms with E-state index in [1.54, 1.807) is 0 Å². The summed E-state index contributed by atoms with van der Waals surface area (Å²) in [6.07, 6.45) is 3.19. The Balaban J connectivity index is 2.48. The zero-order chi connectivity index (χ0) is 11.4. The molecule has 1 aliphatic rings. The monoisotopic (exact) mass is 230 g/mol. The Kier molecular flexibility index (Phi) is 4.93. The smallest absolute Gasteiger partial charge is 0.241 e. The molecule has 1 amide bonds. The summed E-state index contributed by atoms with van der Waals surface area (Å²) in [4.78, 5) is 14.0. The number of nitrogens with zero attached hydrogens (tertiary/aromatic N) is 1. The van der Waals surface area contributed by atoms with Crippen molar-refractivity contribution in [1.82, 2.24) is 10.2 Å². The number of hydrogen-bond donors (Lipinski definition) is 1. The van der Waals surface area contributed by atoms with Crippen molar-refractivity contribution in [3.8, 4) is 0 Å². The maximum Gasteiger partial charge on any atom is 0.241 e. The summed E-state index contributed by atoms with van der Waals surface area (Å²) in [5.41, 5.74) is 0. The number of hydrogen-bond acceptors (Lipinski definition) is 3. The lowest BCUT2D eigenvalue weighted by Crippen LogP contribution is -2.38. The van der Waals surface area contributed by atoms with Crippen molar-refractivity contribution in [2.45, 2.75) is 39.3 Å². The van der Waals surface area contributed by atoms with Crippen LogP contribution < -0.4 is 5.32 Å². The molecular formula is C11H22N2OS. The molecule has 88 valence electrons. The largest absolute Gasteiger partial charge is 0.326 e. The third kappa shape index (κ3) is 3.11. The molecule has 4 heteroatoms. The molecule has 2 unspecified atom stereocenters. The average molecular weight is 230 g/mol. The molecule has 0 aromatic rings. The fourth-order valence-electron chi connectivity index (χ4n) is 1.88. The van der Waals surface area contributed by atoms with Gasteiger partial charge in [0.05, 0.1) is 12.7 Å². The number of nitrogens with one attached hydrogen (secondary N) is 1. The van der Waals surface area contributed by atoms with Crippen LogP contribution in [0.2, 0.25) is 0 Å². The fourth-order valence-corrected chi connectivity index (χ4v) is 2.46. The minimum Gasteiger partial charge on any atom is -0.326 e. The molecule has 1 rings (SSSR count). The molecule has 1 N–H and O–H groups in total. The van der Waals surface area contributed by atoms with Crippen molar-refractivity contribution in [2.24, 2.45) is 5.92 Å². The van der Waals surface area contributed by atoms with E-state index < -0.39 is 0 Å². The minimum absolute atomic E-state index is 0.0294. The molecule has 0 aliphatic carbocycles. The van der Waals surface area contributed by atoms with Crippen LogP contribution in [0.5, 0.6) is 0 Å². The van der Waals surface area contributed by atoms with Gasteiger partial charge in [-0.1, -0.05) is 13.8 Å². The highest BCUT2D eigenvalue weighted by molar-refractivity contribution is 7.98. The van der Waals surface area contributed by atoms with Gasteiger partial charge >= 0.3 is 0 Å².